The summed E-state index contributed by atoms with van der Waals surface area (Å²) in [5, 5.41) is 3.07. The van der Waals surface area contributed by atoms with E-state index in [1.54, 1.807) is 0 Å². The molecule has 2 aliphatic rings. The van der Waals surface area contributed by atoms with Crippen LogP contribution in [0.5, 0.6) is 0 Å². The van der Waals surface area contributed by atoms with Gasteiger partial charge in [-0.05, 0) is 62.6 Å². The molecular formula is C21H32N2O3S. The number of amides is 1. The van der Waals surface area contributed by atoms with E-state index in [0.717, 1.165) is 42.9 Å². The predicted octanol–water partition coefficient (Wildman–Crippen LogP) is 4.47. The summed E-state index contributed by atoms with van der Waals surface area (Å²) in [6, 6.07) is 5.52. The van der Waals surface area contributed by atoms with Crippen LogP contribution >= 0.6 is 0 Å². The van der Waals surface area contributed by atoms with Crippen molar-refractivity contribution in [1.29, 1.82) is 0 Å². The average molecular weight is 393 g/mol. The van der Waals surface area contributed by atoms with Crippen LogP contribution in [0.4, 0.5) is 11.4 Å². The van der Waals surface area contributed by atoms with E-state index in [-0.39, 0.29) is 17.6 Å². The van der Waals surface area contributed by atoms with Crippen LogP contribution in [0.25, 0.3) is 0 Å². The number of sulfonamides is 1. The Balaban J connectivity index is 1.64. The monoisotopic (exact) mass is 392 g/mol. The lowest BCUT2D eigenvalue weighted by molar-refractivity contribution is -0.121. The highest BCUT2D eigenvalue weighted by Gasteiger charge is 2.29. The predicted molar refractivity (Wildman–Crippen MR) is 111 cm³/mol. The summed E-state index contributed by atoms with van der Waals surface area (Å²) < 4.78 is 25.8. The zero-order valence-corrected chi connectivity index (χ0v) is 17.4. The summed E-state index contributed by atoms with van der Waals surface area (Å²) in [5.41, 5.74) is 2.34. The number of anilines is 2. The Bertz CT molecular complexity index is 768. The Morgan fingerprint density at radius 1 is 1.22 bits per heavy atom. The third-order valence-electron chi connectivity index (χ3n) is 6.05. The molecule has 5 nitrogen and oxygen atoms in total. The number of unbranched alkanes of at least 4 members (excludes halogenated alkanes) is 1. The fourth-order valence-electron chi connectivity index (χ4n) is 4.27. The first-order chi connectivity index (χ1) is 12.9. The maximum absolute atomic E-state index is 12.8. The first-order valence-corrected chi connectivity index (χ1v) is 11.9. The minimum Gasteiger partial charge on any atom is -0.326 e. The highest BCUT2D eigenvalue weighted by atomic mass is 32.2. The second-order valence-corrected chi connectivity index (χ2v) is 10.1. The number of hydrogen-bond acceptors (Lipinski definition) is 3. The Labute approximate surface area is 163 Å². The summed E-state index contributed by atoms with van der Waals surface area (Å²) in [5.74, 6) is 1.12. The van der Waals surface area contributed by atoms with E-state index in [1.807, 2.05) is 25.1 Å². The molecule has 0 radical (unpaired) electrons. The van der Waals surface area contributed by atoms with Crippen molar-refractivity contribution in [3.63, 3.8) is 0 Å². The SMILES string of the molecule is CCCCC1CCC(C(=O)Nc2cc(N3CCCS3(=O)=O)ccc2C)CC1. The second-order valence-electron chi connectivity index (χ2n) is 8.09. The van der Waals surface area contributed by atoms with Crippen LogP contribution in [0, 0.1) is 18.8 Å². The lowest BCUT2D eigenvalue weighted by Gasteiger charge is -2.28. The average Bonchev–Trinajstić information content (AvgIpc) is 3.01. The Morgan fingerprint density at radius 3 is 2.59 bits per heavy atom. The summed E-state index contributed by atoms with van der Waals surface area (Å²) in [4.78, 5) is 12.8. The molecular weight excluding hydrogens is 360 g/mol. The van der Waals surface area contributed by atoms with Gasteiger partial charge < -0.3 is 5.32 Å². The van der Waals surface area contributed by atoms with E-state index in [1.165, 1.54) is 23.6 Å². The highest BCUT2D eigenvalue weighted by molar-refractivity contribution is 7.93. The van der Waals surface area contributed by atoms with Crippen molar-refractivity contribution in [2.24, 2.45) is 11.8 Å². The number of nitrogens with zero attached hydrogens (tertiary/aromatic N) is 1. The Morgan fingerprint density at radius 2 is 1.96 bits per heavy atom. The quantitative estimate of drug-likeness (QED) is 0.777. The topological polar surface area (TPSA) is 66.5 Å². The Kier molecular flexibility index (Phi) is 6.45. The number of carbonyl (C=O) groups excluding carboxylic acids is 1. The van der Waals surface area contributed by atoms with Crippen LogP contribution in [0.15, 0.2) is 18.2 Å². The number of carbonyl (C=O) groups is 1. The van der Waals surface area contributed by atoms with Gasteiger partial charge in [-0.25, -0.2) is 8.42 Å². The van der Waals surface area contributed by atoms with Crippen LogP contribution in [-0.2, 0) is 14.8 Å². The number of rotatable bonds is 6. The number of nitrogens with one attached hydrogen (secondary N) is 1. The third-order valence-corrected chi connectivity index (χ3v) is 7.92. The van der Waals surface area contributed by atoms with E-state index in [9.17, 15) is 13.2 Å². The molecule has 0 atom stereocenters. The molecule has 27 heavy (non-hydrogen) atoms. The third kappa shape index (κ3) is 4.84. The van der Waals surface area contributed by atoms with Crippen molar-refractivity contribution in [2.45, 2.75) is 65.2 Å². The molecule has 1 aliphatic carbocycles. The molecule has 1 aromatic rings. The molecule has 1 aliphatic heterocycles. The van der Waals surface area contributed by atoms with Gasteiger partial charge in [-0.1, -0.05) is 32.3 Å². The van der Waals surface area contributed by atoms with Gasteiger partial charge in [0.05, 0.1) is 11.4 Å². The largest absolute Gasteiger partial charge is 0.326 e. The molecule has 1 heterocycles. The van der Waals surface area contributed by atoms with Crippen LogP contribution in [0.2, 0.25) is 0 Å². The van der Waals surface area contributed by atoms with Crippen LogP contribution in [0.3, 0.4) is 0 Å². The zero-order chi connectivity index (χ0) is 19.4. The molecule has 0 bridgehead atoms. The van der Waals surface area contributed by atoms with Crippen molar-refractivity contribution >= 4 is 27.3 Å². The molecule has 1 saturated heterocycles. The van der Waals surface area contributed by atoms with Gasteiger partial charge in [0, 0.05) is 18.2 Å². The minimum absolute atomic E-state index is 0.0708. The van der Waals surface area contributed by atoms with E-state index in [0.29, 0.717) is 18.7 Å². The summed E-state index contributed by atoms with van der Waals surface area (Å²) in [6.45, 7) is 4.68. The zero-order valence-electron chi connectivity index (χ0n) is 16.5. The van der Waals surface area contributed by atoms with Crippen LogP contribution in [-0.4, -0.2) is 26.6 Å². The lowest BCUT2D eigenvalue weighted by Crippen LogP contribution is -2.28. The van der Waals surface area contributed by atoms with E-state index in [4.69, 9.17) is 0 Å². The first kappa shape index (κ1) is 20.2. The molecule has 0 spiro atoms. The fourth-order valence-corrected chi connectivity index (χ4v) is 5.83. The molecule has 1 saturated carbocycles. The van der Waals surface area contributed by atoms with Crippen LogP contribution < -0.4 is 9.62 Å². The molecule has 2 fully saturated rings. The molecule has 1 amide bonds. The number of aryl methyl sites for hydroxylation is 1. The molecule has 1 aromatic carbocycles. The molecule has 150 valence electrons. The second kappa shape index (κ2) is 8.63. The molecule has 1 N–H and O–H groups in total. The van der Waals surface area contributed by atoms with Gasteiger partial charge in [0.2, 0.25) is 15.9 Å². The van der Waals surface area contributed by atoms with Gasteiger partial charge in [-0.3, -0.25) is 9.10 Å². The number of hydrogen-bond donors (Lipinski definition) is 1. The van der Waals surface area contributed by atoms with Gasteiger partial charge >= 0.3 is 0 Å². The van der Waals surface area contributed by atoms with Crippen molar-refractivity contribution in [3.05, 3.63) is 23.8 Å². The van der Waals surface area contributed by atoms with Crippen LogP contribution in [0.1, 0.15) is 63.9 Å². The maximum Gasteiger partial charge on any atom is 0.235 e. The first-order valence-electron chi connectivity index (χ1n) is 10.3. The van der Waals surface area contributed by atoms with E-state index < -0.39 is 10.0 Å². The molecule has 6 heteroatoms. The standard InChI is InChI=1S/C21H32N2O3S/c1-3-4-6-17-8-10-18(11-9-17)21(24)22-20-15-19(12-7-16(20)2)23-13-5-14-27(23,25)26/h7,12,15,17-18H,3-6,8-11,13-14H2,1-2H3,(H,22,24). The summed E-state index contributed by atoms with van der Waals surface area (Å²) in [7, 11) is -3.21. The maximum atomic E-state index is 12.8. The van der Waals surface area contributed by atoms with Gasteiger partial charge in [0.15, 0.2) is 0 Å². The summed E-state index contributed by atoms with van der Waals surface area (Å²) >= 11 is 0. The molecule has 3 rings (SSSR count). The van der Waals surface area contributed by atoms with Gasteiger partial charge in [-0.2, -0.15) is 0 Å². The van der Waals surface area contributed by atoms with E-state index in [2.05, 4.69) is 12.2 Å². The van der Waals surface area contributed by atoms with Gasteiger partial charge in [-0.15, -0.1) is 0 Å². The van der Waals surface area contributed by atoms with Crippen molar-refractivity contribution < 1.29 is 13.2 Å². The molecule has 0 aromatic heterocycles. The van der Waals surface area contributed by atoms with Gasteiger partial charge in [0.1, 0.15) is 0 Å². The normalized spacial score (nSPS) is 24.7. The number of benzene rings is 1. The lowest BCUT2D eigenvalue weighted by atomic mass is 9.79. The summed E-state index contributed by atoms with van der Waals surface area (Å²) in [6.07, 6.45) is 8.66. The van der Waals surface area contributed by atoms with E-state index >= 15 is 0 Å². The van der Waals surface area contributed by atoms with Crippen molar-refractivity contribution in [3.8, 4) is 0 Å². The van der Waals surface area contributed by atoms with Gasteiger partial charge in [0.25, 0.3) is 0 Å². The fraction of sp³-hybridized carbons (Fsp3) is 0.667. The Hall–Kier alpha value is -1.56. The van der Waals surface area contributed by atoms with Crippen molar-refractivity contribution in [2.75, 3.05) is 21.9 Å². The molecule has 0 unspecified atom stereocenters. The minimum atomic E-state index is -3.21. The highest BCUT2D eigenvalue weighted by Crippen LogP contribution is 2.33. The van der Waals surface area contributed by atoms with Crippen molar-refractivity contribution in [1.82, 2.24) is 0 Å². The smallest absolute Gasteiger partial charge is 0.235 e.